The van der Waals surface area contributed by atoms with Crippen molar-refractivity contribution >= 4 is 28.4 Å². The molecule has 1 aliphatic heterocycles. The molecule has 1 aliphatic rings. The van der Waals surface area contributed by atoms with E-state index in [2.05, 4.69) is 50.1 Å². The summed E-state index contributed by atoms with van der Waals surface area (Å²) in [5.41, 5.74) is 9.35. The van der Waals surface area contributed by atoms with Crippen LogP contribution >= 0.6 is 0 Å². The first-order chi connectivity index (χ1) is 15.9. The minimum absolute atomic E-state index is 0.0474. The van der Waals surface area contributed by atoms with Crippen molar-refractivity contribution in [3.05, 3.63) is 36.7 Å². The SMILES string of the molecule is CCCCC(C)(CO)Nc1cc(N)nc2cc(-c3cnc(N4CCN(C)CC4)nc3)ccc12. The smallest absolute Gasteiger partial charge is 0.225 e. The summed E-state index contributed by atoms with van der Waals surface area (Å²) in [7, 11) is 2.14. The molecule has 0 amide bonds. The number of nitrogens with zero attached hydrogens (tertiary/aromatic N) is 5. The quantitative estimate of drug-likeness (QED) is 0.481. The van der Waals surface area contributed by atoms with Crippen LogP contribution in [-0.4, -0.2) is 70.3 Å². The number of nitrogens with two attached hydrogens (primary N) is 1. The Hall–Kier alpha value is -2.97. The maximum absolute atomic E-state index is 10.0. The van der Waals surface area contributed by atoms with Gasteiger partial charge in [0.25, 0.3) is 0 Å². The van der Waals surface area contributed by atoms with Gasteiger partial charge in [0.2, 0.25) is 5.95 Å². The second kappa shape index (κ2) is 9.89. The van der Waals surface area contributed by atoms with Gasteiger partial charge in [-0.05, 0) is 32.0 Å². The average Bonchev–Trinajstić information content (AvgIpc) is 2.83. The molecule has 0 saturated carbocycles. The third-order valence-electron chi connectivity index (χ3n) is 6.45. The van der Waals surface area contributed by atoms with Gasteiger partial charge in [-0.3, -0.25) is 0 Å². The fraction of sp³-hybridized carbons (Fsp3) is 0.480. The van der Waals surface area contributed by atoms with E-state index in [1.165, 1.54) is 0 Å². The number of unbranched alkanes of at least 4 members (excludes halogenated alkanes) is 1. The van der Waals surface area contributed by atoms with Crippen LogP contribution in [0, 0.1) is 0 Å². The number of nitrogens with one attached hydrogen (secondary N) is 1. The van der Waals surface area contributed by atoms with Crippen LogP contribution in [0.1, 0.15) is 33.1 Å². The van der Waals surface area contributed by atoms with Crippen LogP contribution in [0.5, 0.6) is 0 Å². The number of likely N-dealkylation sites (N-methyl/N-ethyl adjacent to an activating group) is 1. The lowest BCUT2D eigenvalue weighted by Crippen LogP contribution is -2.45. The Morgan fingerprint density at radius 2 is 1.82 bits per heavy atom. The number of nitrogen functional groups attached to an aromatic ring is 1. The standard InChI is InChI=1S/C25H35N7O/c1-4-5-8-25(2,17-33)30-22-14-23(26)29-21-13-18(6-7-20(21)22)19-15-27-24(28-16-19)32-11-9-31(3)10-12-32/h6-7,13-16,33H,4-5,8-12,17H2,1-3H3,(H3,26,29,30). The number of aliphatic hydroxyl groups is 1. The van der Waals surface area contributed by atoms with Gasteiger partial charge in [-0.1, -0.05) is 31.9 Å². The molecule has 33 heavy (non-hydrogen) atoms. The molecular formula is C25H35N7O. The van der Waals surface area contributed by atoms with E-state index in [0.29, 0.717) is 5.82 Å². The molecule has 1 fully saturated rings. The topological polar surface area (TPSA) is 103 Å². The van der Waals surface area contributed by atoms with Crippen LogP contribution in [0.15, 0.2) is 36.7 Å². The largest absolute Gasteiger partial charge is 0.394 e. The third kappa shape index (κ3) is 5.34. The van der Waals surface area contributed by atoms with E-state index in [4.69, 9.17) is 5.73 Å². The lowest BCUT2D eigenvalue weighted by molar-refractivity contribution is 0.212. The number of fused-ring (bicyclic) bond motifs is 1. The van der Waals surface area contributed by atoms with E-state index in [1.807, 2.05) is 37.5 Å². The lowest BCUT2D eigenvalue weighted by Gasteiger charge is -2.32. The first kappa shape index (κ1) is 23.2. The third-order valence-corrected chi connectivity index (χ3v) is 6.45. The van der Waals surface area contributed by atoms with Crippen LogP contribution in [0.2, 0.25) is 0 Å². The Morgan fingerprint density at radius 1 is 1.09 bits per heavy atom. The first-order valence-electron chi connectivity index (χ1n) is 11.8. The fourth-order valence-electron chi connectivity index (χ4n) is 4.25. The highest BCUT2D eigenvalue weighted by Crippen LogP contribution is 2.31. The average molecular weight is 450 g/mol. The van der Waals surface area contributed by atoms with Crippen LogP contribution < -0.4 is 16.0 Å². The normalized spacial score (nSPS) is 16.7. The summed E-state index contributed by atoms with van der Waals surface area (Å²) in [6.45, 7) is 8.16. The fourth-order valence-corrected chi connectivity index (χ4v) is 4.25. The van der Waals surface area contributed by atoms with E-state index in [-0.39, 0.29) is 6.61 Å². The number of rotatable bonds is 8. The molecule has 2 aromatic heterocycles. The van der Waals surface area contributed by atoms with E-state index >= 15 is 0 Å². The van der Waals surface area contributed by atoms with Gasteiger partial charge in [0.05, 0.1) is 17.7 Å². The number of hydrogen-bond acceptors (Lipinski definition) is 8. The predicted molar refractivity (Wildman–Crippen MR) is 136 cm³/mol. The van der Waals surface area contributed by atoms with Gasteiger partial charge < -0.3 is 26.0 Å². The highest BCUT2D eigenvalue weighted by Gasteiger charge is 2.23. The van der Waals surface area contributed by atoms with Gasteiger partial charge in [-0.2, -0.15) is 0 Å². The molecule has 1 atom stereocenters. The maximum Gasteiger partial charge on any atom is 0.225 e. The molecule has 0 spiro atoms. The van der Waals surface area contributed by atoms with Gasteiger partial charge in [0.15, 0.2) is 0 Å². The summed E-state index contributed by atoms with van der Waals surface area (Å²) in [6.07, 6.45) is 6.74. The molecule has 0 radical (unpaired) electrons. The molecule has 8 heteroatoms. The highest BCUT2D eigenvalue weighted by molar-refractivity contribution is 5.95. The minimum Gasteiger partial charge on any atom is -0.394 e. The summed E-state index contributed by atoms with van der Waals surface area (Å²) in [5, 5.41) is 14.5. The molecular weight excluding hydrogens is 414 g/mol. The highest BCUT2D eigenvalue weighted by atomic mass is 16.3. The van der Waals surface area contributed by atoms with Crippen LogP contribution in [-0.2, 0) is 0 Å². The molecule has 4 rings (SSSR count). The zero-order valence-corrected chi connectivity index (χ0v) is 19.9. The van der Waals surface area contributed by atoms with Gasteiger partial charge in [-0.25, -0.2) is 15.0 Å². The number of benzene rings is 1. The minimum atomic E-state index is -0.414. The molecule has 1 saturated heterocycles. The van der Waals surface area contributed by atoms with Crippen molar-refractivity contribution < 1.29 is 5.11 Å². The number of hydrogen-bond donors (Lipinski definition) is 3. The Kier molecular flexibility index (Phi) is 6.95. The molecule has 3 aromatic rings. The molecule has 1 unspecified atom stereocenters. The lowest BCUT2D eigenvalue weighted by atomic mass is 9.95. The zero-order valence-electron chi connectivity index (χ0n) is 19.9. The van der Waals surface area contributed by atoms with Gasteiger partial charge >= 0.3 is 0 Å². The van der Waals surface area contributed by atoms with Crippen molar-refractivity contribution in [2.24, 2.45) is 0 Å². The zero-order chi connectivity index (χ0) is 23.4. The molecule has 8 nitrogen and oxygen atoms in total. The van der Waals surface area contributed by atoms with Crippen molar-refractivity contribution in [1.82, 2.24) is 19.9 Å². The monoisotopic (exact) mass is 449 g/mol. The summed E-state index contributed by atoms with van der Waals surface area (Å²) >= 11 is 0. The Balaban J connectivity index is 1.59. The van der Waals surface area contributed by atoms with Crippen molar-refractivity contribution in [1.29, 1.82) is 0 Å². The Bertz CT molecular complexity index is 1080. The molecule has 1 aromatic carbocycles. The molecule has 0 bridgehead atoms. The van der Waals surface area contributed by atoms with Crippen molar-refractivity contribution in [3.63, 3.8) is 0 Å². The van der Waals surface area contributed by atoms with E-state index < -0.39 is 5.54 Å². The van der Waals surface area contributed by atoms with Gasteiger partial charge in [0, 0.05) is 61.3 Å². The van der Waals surface area contributed by atoms with Crippen molar-refractivity contribution in [2.45, 2.75) is 38.6 Å². The van der Waals surface area contributed by atoms with Gasteiger partial charge in [0.1, 0.15) is 5.82 Å². The van der Waals surface area contributed by atoms with Crippen LogP contribution in [0.25, 0.3) is 22.0 Å². The molecule has 3 heterocycles. The first-order valence-corrected chi connectivity index (χ1v) is 11.8. The summed E-state index contributed by atoms with van der Waals surface area (Å²) in [5.74, 6) is 1.22. The Morgan fingerprint density at radius 3 is 2.48 bits per heavy atom. The van der Waals surface area contributed by atoms with Crippen LogP contribution in [0.4, 0.5) is 17.5 Å². The van der Waals surface area contributed by atoms with Crippen LogP contribution in [0.3, 0.4) is 0 Å². The van der Waals surface area contributed by atoms with E-state index in [9.17, 15) is 5.11 Å². The predicted octanol–water partition coefficient (Wildman–Crippen LogP) is 3.38. The number of pyridine rings is 1. The van der Waals surface area contributed by atoms with Gasteiger partial charge in [-0.15, -0.1) is 0 Å². The second-order valence-electron chi connectivity index (χ2n) is 9.34. The number of aliphatic hydroxyl groups excluding tert-OH is 1. The summed E-state index contributed by atoms with van der Waals surface area (Å²) in [4.78, 5) is 18.3. The number of aromatic nitrogens is 3. The maximum atomic E-state index is 10.0. The van der Waals surface area contributed by atoms with Crippen molar-refractivity contribution in [3.8, 4) is 11.1 Å². The molecule has 0 aliphatic carbocycles. The van der Waals surface area contributed by atoms with E-state index in [1.54, 1.807) is 0 Å². The van der Waals surface area contributed by atoms with Crippen molar-refractivity contribution in [2.75, 3.05) is 55.8 Å². The molecule has 176 valence electrons. The van der Waals surface area contributed by atoms with E-state index in [0.717, 1.165) is 79.1 Å². The summed E-state index contributed by atoms with van der Waals surface area (Å²) < 4.78 is 0. The number of anilines is 3. The second-order valence-corrected chi connectivity index (χ2v) is 9.34. The summed E-state index contributed by atoms with van der Waals surface area (Å²) in [6, 6.07) is 7.97. The molecule has 4 N–H and O–H groups in total. The Labute approximate surface area is 195 Å². The number of piperazine rings is 1.